The van der Waals surface area contributed by atoms with Gasteiger partial charge in [-0.05, 0) is 19.7 Å². The van der Waals surface area contributed by atoms with Crippen LogP contribution < -0.4 is 10.1 Å². The summed E-state index contributed by atoms with van der Waals surface area (Å²) in [5, 5.41) is 13.0. The number of benzene rings is 1. The first-order valence-corrected chi connectivity index (χ1v) is 6.36. The van der Waals surface area contributed by atoms with Gasteiger partial charge in [-0.3, -0.25) is 4.90 Å². The average molecular weight is 252 g/mol. The molecule has 0 radical (unpaired) electrons. The number of nitrogens with zero attached hydrogens (tertiary/aromatic N) is 1. The molecule has 1 atom stereocenters. The number of hydrogen-bond donors (Lipinski definition) is 2. The number of nitrogens with one attached hydrogen (secondary N) is 1. The third-order valence-electron chi connectivity index (χ3n) is 2.79. The molecule has 0 heterocycles. The van der Waals surface area contributed by atoms with E-state index in [1.807, 2.05) is 38.2 Å². The summed E-state index contributed by atoms with van der Waals surface area (Å²) in [5.74, 6) is 0.894. The molecule has 0 saturated heterocycles. The van der Waals surface area contributed by atoms with Crippen LogP contribution in [0.2, 0.25) is 0 Å². The summed E-state index contributed by atoms with van der Waals surface area (Å²) in [4.78, 5) is 2.10. The highest BCUT2D eigenvalue weighted by molar-refractivity contribution is 5.32. The summed E-state index contributed by atoms with van der Waals surface area (Å²) in [7, 11) is 3.68. The van der Waals surface area contributed by atoms with Crippen molar-refractivity contribution in [1.29, 1.82) is 0 Å². The Morgan fingerprint density at radius 1 is 1.39 bits per heavy atom. The second-order valence-corrected chi connectivity index (χ2v) is 4.47. The van der Waals surface area contributed by atoms with Crippen LogP contribution in [0.25, 0.3) is 0 Å². The van der Waals surface area contributed by atoms with Gasteiger partial charge < -0.3 is 15.2 Å². The topological polar surface area (TPSA) is 44.7 Å². The zero-order valence-electron chi connectivity index (χ0n) is 11.5. The van der Waals surface area contributed by atoms with Crippen LogP contribution >= 0.6 is 0 Å². The monoisotopic (exact) mass is 252 g/mol. The SMILES string of the molecule is CCNCC(O)CN(C)Cc1ccccc1OC. The Labute approximate surface area is 110 Å². The van der Waals surface area contributed by atoms with Gasteiger partial charge in [-0.25, -0.2) is 0 Å². The molecule has 1 aromatic carbocycles. The summed E-state index contributed by atoms with van der Waals surface area (Å²) < 4.78 is 5.31. The zero-order valence-corrected chi connectivity index (χ0v) is 11.5. The van der Waals surface area contributed by atoms with Gasteiger partial charge in [0.15, 0.2) is 0 Å². The molecule has 2 N–H and O–H groups in total. The molecular weight excluding hydrogens is 228 g/mol. The van der Waals surface area contributed by atoms with Gasteiger partial charge in [0.25, 0.3) is 0 Å². The van der Waals surface area contributed by atoms with E-state index in [1.165, 1.54) is 0 Å². The molecule has 0 amide bonds. The lowest BCUT2D eigenvalue weighted by Crippen LogP contribution is -2.36. The van der Waals surface area contributed by atoms with Crippen molar-refractivity contribution in [2.45, 2.75) is 19.6 Å². The molecule has 0 saturated carbocycles. The summed E-state index contributed by atoms with van der Waals surface area (Å²) in [6.45, 7) is 4.96. The van der Waals surface area contributed by atoms with Crippen LogP contribution in [-0.4, -0.2) is 49.9 Å². The van der Waals surface area contributed by atoms with Crippen LogP contribution in [0.5, 0.6) is 5.75 Å². The van der Waals surface area contributed by atoms with Gasteiger partial charge in [-0.2, -0.15) is 0 Å². The van der Waals surface area contributed by atoms with Crippen LogP contribution in [0, 0.1) is 0 Å². The van der Waals surface area contributed by atoms with Crippen LogP contribution in [0.4, 0.5) is 0 Å². The Morgan fingerprint density at radius 2 is 2.11 bits per heavy atom. The number of para-hydroxylation sites is 1. The van der Waals surface area contributed by atoms with E-state index >= 15 is 0 Å². The molecule has 0 aliphatic heterocycles. The first-order chi connectivity index (χ1) is 8.67. The molecule has 0 aliphatic carbocycles. The standard InChI is InChI=1S/C14H24N2O2/c1-4-15-9-13(17)11-16(2)10-12-7-5-6-8-14(12)18-3/h5-8,13,15,17H,4,9-11H2,1-3H3. The van der Waals surface area contributed by atoms with E-state index in [2.05, 4.69) is 10.2 Å². The summed E-state index contributed by atoms with van der Waals surface area (Å²) in [6.07, 6.45) is -0.343. The fraction of sp³-hybridized carbons (Fsp3) is 0.571. The quantitative estimate of drug-likeness (QED) is 0.727. The lowest BCUT2D eigenvalue weighted by Gasteiger charge is -2.21. The molecule has 102 valence electrons. The molecular formula is C14H24N2O2. The van der Waals surface area contributed by atoms with Gasteiger partial charge in [0.05, 0.1) is 13.2 Å². The lowest BCUT2D eigenvalue weighted by molar-refractivity contribution is 0.121. The number of ether oxygens (including phenoxy) is 1. The van der Waals surface area contributed by atoms with E-state index < -0.39 is 0 Å². The maximum absolute atomic E-state index is 9.82. The van der Waals surface area contributed by atoms with Crippen molar-refractivity contribution < 1.29 is 9.84 Å². The Hall–Kier alpha value is -1.10. The van der Waals surface area contributed by atoms with Gasteiger partial charge in [0.2, 0.25) is 0 Å². The maximum atomic E-state index is 9.82. The van der Waals surface area contributed by atoms with Crippen molar-refractivity contribution in [3.63, 3.8) is 0 Å². The van der Waals surface area contributed by atoms with E-state index in [9.17, 15) is 5.11 Å². The fourth-order valence-electron chi connectivity index (χ4n) is 1.92. The largest absolute Gasteiger partial charge is 0.496 e. The number of aliphatic hydroxyl groups is 1. The highest BCUT2D eigenvalue weighted by Gasteiger charge is 2.10. The summed E-state index contributed by atoms with van der Waals surface area (Å²) >= 11 is 0. The van der Waals surface area contributed by atoms with Gasteiger partial charge >= 0.3 is 0 Å². The molecule has 0 aliphatic rings. The minimum absolute atomic E-state index is 0.343. The molecule has 1 aromatic rings. The van der Waals surface area contributed by atoms with Crippen molar-refractivity contribution in [1.82, 2.24) is 10.2 Å². The van der Waals surface area contributed by atoms with E-state index in [0.29, 0.717) is 13.1 Å². The van der Waals surface area contributed by atoms with E-state index in [1.54, 1.807) is 7.11 Å². The molecule has 18 heavy (non-hydrogen) atoms. The van der Waals surface area contributed by atoms with Crippen molar-refractivity contribution in [3.8, 4) is 5.75 Å². The molecule has 1 unspecified atom stereocenters. The average Bonchev–Trinajstić information content (AvgIpc) is 2.36. The molecule has 4 nitrogen and oxygen atoms in total. The molecule has 0 bridgehead atoms. The number of likely N-dealkylation sites (N-methyl/N-ethyl adjacent to an activating group) is 2. The molecule has 0 aromatic heterocycles. The van der Waals surface area contributed by atoms with E-state index in [-0.39, 0.29) is 6.10 Å². The van der Waals surface area contributed by atoms with Gasteiger partial charge in [0, 0.05) is 25.2 Å². The predicted molar refractivity (Wildman–Crippen MR) is 73.9 cm³/mol. The van der Waals surface area contributed by atoms with Crippen LogP contribution in [0.1, 0.15) is 12.5 Å². The Balaban J connectivity index is 2.46. The molecule has 4 heteroatoms. The first kappa shape index (κ1) is 15.0. The van der Waals surface area contributed by atoms with Gasteiger partial charge in [-0.1, -0.05) is 25.1 Å². The smallest absolute Gasteiger partial charge is 0.123 e. The van der Waals surface area contributed by atoms with E-state index in [0.717, 1.165) is 24.4 Å². The Morgan fingerprint density at radius 3 is 2.78 bits per heavy atom. The van der Waals surface area contributed by atoms with Crippen LogP contribution in [0.3, 0.4) is 0 Å². The Kier molecular flexibility index (Phi) is 6.72. The van der Waals surface area contributed by atoms with Crippen molar-refractivity contribution >= 4 is 0 Å². The maximum Gasteiger partial charge on any atom is 0.123 e. The zero-order chi connectivity index (χ0) is 13.4. The van der Waals surface area contributed by atoms with E-state index in [4.69, 9.17) is 4.74 Å². The van der Waals surface area contributed by atoms with Crippen LogP contribution in [0.15, 0.2) is 24.3 Å². The number of rotatable bonds is 8. The normalized spacial score (nSPS) is 12.7. The summed E-state index contributed by atoms with van der Waals surface area (Å²) in [5.41, 5.74) is 1.14. The molecule has 1 rings (SSSR count). The van der Waals surface area contributed by atoms with Gasteiger partial charge in [0.1, 0.15) is 5.75 Å². The second-order valence-electron chi connectivity index (χ2n) is 4.47. The molecule has 0 fully saturated rings. The second kappa shape index (κ2) is 8.08. The number of hydrogen-bond acceptors (Lipinski definition) is 4. The molecule has 0 spiro atoms. The minimum atomic E-state index is -0.343. The summed E-state index contributed by atoms with van der Waals surface area (Å²) in [6, 6.07) is 7.97. The third kappa shape index (κ3) is 5.04. The highest BCUT2D eigenvalue weighted by atomic mass is 16.5. The van der Waals surface area contributed by atoms with Crippen molar-refractivity contribution in [2.75, 3.05) is 33.8 Å². The first-order valence-electron chi connectivity index (χ1n) is 6.36. The predicted octanol–water partition coefficient (Wildman–Crippen LogP) is 1.10. The fourth-order valence-corrected chi connectivity index (χ4v) is 1.92. The van der Waals surface area contributed by atoms with Crippen molar-refractivity contribution in [2.24, 2.45) is 0 Å². The van der Waals surface area contributed by atoms with Gasteiger partial charge in [-0.15, -0.1) is 0 Å². The van der Waals surface area contributed by atoms with Crippen LogP contribution in [-0.2, 0) is 6.54 Å². The number of aliphatic hydroxyl groups excluding tert-OH is 1. The minimum Gasteiger partial charge on any atom is -0.496 e. The Bertz CT molecular complexity index is 344. The number of methoxy groups -OCH3 is 1. The third-order valence-corrected chi connectivity index (χ3v) is 2.79. The lowest BCUT2D eigenvalue weighted by atomic mass is 10.2. The van der Waals surface area contributed by atoms with Crippen molar-refractivity contribution in [3.05, 3.63) is 29.8 Å². The highest BCUT2D eigenvalue weighted by Crippen LogP contribution is 2.18.